The highest BCUT2D eigenvalue weighted by Gasteiger charge is 2.33. The first kappa shape index (κ1) is 18.6. The SMILES string of the molecule is COc1cccc([C@H](NC(=O)N2CC[C@H]([C@H](C)O)C2)C(C)(C)C)c1. The van der Waals surface area contributed by atoms with E-state index in [4.69, 9.17) is 4.74 Å². The van der Waals surface area contributed by atoms with Gasteiger partial charge in [-0.15, -0.1) is 0 Å². The lowest BCUT2D eigenvalue weighted by Gasteiger charge is -2.33. The van der Waals surface area contributed by atoms with E-state index >= 15 is 0 Å². The number of carbonyl (C=O) groups is 1. The number of hydrogen-bond acceptors (Lipinski definition) is 3. The summed E-state index contributed by atoms with van der Waals surface area (Å²) in [6.07, 6.45) is 0.476. The third kappa shape index (κ3) is 4.41. The molecule has 1 saturated heterocycles. The van der Waals surface area contributed by atoms with Gasteiger partial charge < -0.3 is 20.1 Å². The van der Waals surface area contributed by atoms with Gasteiger partial charge in [-0.2, -0.15) is 0 Å². The van der Waals surface area contributed by atoms with Gasteiger partial charge in [-0.05, 0) is 36.5 Å². The molecule has 5 heteroatoms. The molecule has 134 valence electrons. The number of aliphatic hydroxyl groups is 1. The number of amides is 2. The van der Waals surface area contributed by atoms with Gasteiger partial charge in [0.15, 0.2) is 0 Å². The lowest BCUT2D eigenvalue weighted by molar-refractivity contribution is 0.128. The van der Waals surface area contributed by atoms with Crippen LogP contribution in [0.15, 0.2) is 24.3 Å². The van der Waals surface area contributed by atoms with Gasteiger partial charge in [0.25, 0.3) is 0 Å². The van der Waals surface area contributed by atoms with Crippen LogP contribution in [0.1, 0.15) is 45.7 Å². The van der Waals surface area contributed by atoms with Crippen molar-refractivity contribution in [2.75, 3.05) is 20.2 Å². The Hall–Kier alpha value is -1.75. The molecule has 0 spiro atoms. The highest BCUT2D eigenvalue weighted by Crippen LogP contribution is 2.34. The Kier molecular flexibility index (Phi) is 5.75. The van der Waals surface area contributed by atoms with Crippen LogP contribution in [-0.2, 0) is 0 Å². The number of nitrogens with one attached hydrogen (secondary N) is 1. The zero-order valence-corrected chi connectivity index (χ0v) is 15.4. The number of urea groups is 1. The summed E-state index contributed by atoms with van der Waals surface area (Å²) in [5.41, 5.74) is 0.896. The van der Waals surface area contributed by atoms with Crippen LogP contribution in [0.3, 0.4) is 0 Å². The number of benzene rings is 1. The Bertz CT molecular complexity index is 566. The predicted octanol–water partition coefficient (Wildman–Crippen LogP) is 3.19. The Morgan fingerprint density at radius 1 is 1.42 bits per heavy atom. The van der Waals surface area contributed by atoms with Gasteiger partial charge in [-0.25, -0.2) is 4.79 Å². The van der Waals surface area contributed by atoms with E-state index in [-0.39, 0.29) is 29.5 Å². The fourth-order valence-electron chi connectivity index (χ4n) is 3.20. The van der Waals surface area contributed by atoms with Gasteiger partial charge in [0.05, 0.1) is 19.3 Å². The van der Waals surface area contributed by atoms with Gasteiger partial charge in [0, 0.05) is 19.0 Å². The lowest BCUT2D eigenvalue weighted by Crippen LogP contribution is -2.44. The molecule has 0 bridgehead atoms. The average Bonchev–Trinajstić information content (AvgIpc) is 3.01. The summed E-state index contributed by atoms with van der Waals surface area (Å²) in [6.45, 7) is 9.43. The summed E-state index contributed by atoms with van der Waals surface area (Å²) in [7, 11) is 1.64. The number of rotatable bonds is 4. The third-order valence-electron chi connectivity index (χ3n) is 4.76. The standard InChI is InChI=1S/C19H30N2O3/c1-13(22)15-9-10-21(12-15)18(23)20-17(19(2,3)4)14-7-6-8-16(11-14)24-5/h6-8,11,13,15,17,22H,9-10,12H2,1-5H3,(H,20,23)/t13-,15-,17-/m0/s1. The number of likely N-dealkylation sites (tertiary alicyclic amines) is 1. The van der Waals surface area contributed by atoms with Gasteiger partial charge in [-0.1, -0.05) is 32.9 Å². The predicted molar refractivity (Wildman–Crippen MR) is 95.1 cm³/mol. The van der Waals surface area contributed by atoms with Crippen LogP contribution in [0.2, 0.25) is 0 Å². The Balaban J connectivity index is 2.13. The Labute approximate surface area is 145 Å². The van der Waals surface area contributed by atoms with Crippen molar-refractivity contribution >= 4 is 6.03 Å². The molecule has 1 aromatic carbocycles. The minimum atomic E-state index is -0.375. The number of aliphatic hydroxyl groups excluding tert-OH is 1. The summed E-state index contributed by atoms with van der Waals surface area (Å²) in [6, 6.07) is 7.64. The fourth-order valence-corrected chi connectivity index (χ4v) is 3.20. The minimum Gasteiger partial charge on any atom is -0.497 e. The molecule has 1 heterocycles. The monoisotopic (exact) mass is 334 g/mol. The number of nitrogens with zero attached hydrogens (tertiary/aromatic N) is 1. The van der Waals surface area contributed by atoms with Crippen molar-refractivity contribution in [2.24, 2.45) is 11.3 Å². The second-order valence-electron chi connectivity index (χ2n) is 7.76. The van der Waals surface area contributed by atoms with Crippen molar-refractivity contribution < 1.29 is 14.6 Å². The topological polar surface area (TPSA) is 61.8 Å². The molecule has 2 N–H and O–H groups in total. The average molecular weight is 334 g/mol. The van der Waals surface area contributed by atoms with E-state index in [1.54, 1.807) is 18.9 Å². The van der Waals surface area contributed by atoms with E-state index in [0.717, 1.165) is 17.7 Å². The van der Waals surface area contributed by atoms with E-state index in [0.29, 0.717) is 13.1 Å². The first-order chi connectivity index (χ1) is 11.2. The molecule has 2 rings (SSSR count). The molecule has 1 aromatic rings. The van der Waals surface area contributed by atoms with Gasteiger partial charge in [0.1, 0.15) is 5.75 Å². The van der Waals surface area contributed by atoms with Crippen molar-refractivity contribution in [1.82, 2.24) is 10.2 Å². The van der Waals surface area contributed by atoms with Gasteiger partial charge >= 0.3 is 6.03 Å². The summed E-state index contributed by atoms with van der Waals surface area (Å²) in [5.74, 6) is 0.951. The second-order valence-corrected chi connectivity index (χ2v) is 7.76. The molecule has 0 unspecified atom stereocenters. The number of carbonyl (C=O) groups excluding carboxylic acids is 1. The highest BCUT2D eigenvalue weighted by atomic mass is 16.5. The quantitative estimate of drug-likeness (QED) is 0.889. The molecule has 2 amide bonds. The molecule has 24 heavy (non-hydrogen) atoms. The molecule has 3 atom stereocenters. The molecule has 1 fully saturated rings. The van der Waals surface area contributed by atoms with Gasteiger partial charge in [-0.3, -0.25) is 0 Å². The molecule has 1 aliphatic rings. The Morgan fingerprint density at radius 2 is 2.12 bits per heavy atom. The summed E-state index contributed by atoms with van der Waals surface area (Å²) < 4.78 is 5.31. The highest BCUT2D eigenvalue weighted by molar-refractivity contribution is 5.75. The van der Waals surface area contributed by atoms with Gasteiger partial charge in [0.2, 0.25) is 0 Å². The van der Waals surface area contributed by atoms with E-state index in [1.807, 2.05) is 24.3 Å². The third-order valence-corrected chi connectivity index (χ3v) is 4.76. The largest absolute Gasteiger partial charge is 0.497 e. The molecule has 0 aromatic heterocycles. The second kappa shape index (κ2) is 7.43. The summed E-state index contributed by atoms with van der Waals surface area (Å²) in [5, 5.41) is 12.9. The zero-order valence-electron chi connectivity index (χ0n) is 15.4. The molecule has 0 radical (unpaired) electrons. The van der Waals surface area contributed by atoms with Crippen LogP contribution < -0.4 is 10.1 Å². The zero-order chi connectivity index (χ0) is 17.9. The number of ether oxygens (including phenoxy) is 1. The van der Waals surface area contributed by atoms with Crippen molar-refractivity contribution in [1.29, 1.82) is 0 Å². The summed E-state index contributed by atoms with van der Waals surface area (Å²) >= 11 is 0. The molecular weight excluding hydrogens is 304 g/mol. The van der Waals surface area contributed by atoms with Crippen LogP contribution in [0.5, 0.6) is 5.75 Å². The van der Waals surface area contributed by atoms with Crippen molar-refractivity contribution in [3.05, 3.63) is 29.8 Å². The van der Waals surface area contributed by atoms with Crippen molar-refractivity contribution in [3.63, 3.8) is 0 Å². The van der Waals surface area contributed by atoms with Crippen LogP contribution in [0.25, 0.3) is 0 Å². The maximum Gasteiger partial charge on any atom is 0.317 e. The molecule has 0 aliphatic carbocycles. The van der Waals surface area contributed by atoms with E-state index in [1.165, 1.54) is 0 Å². The lowest BCUT2D eigenvalue weighted by atomic mass is 9.82. The maximum absolute atomic E-state index is 12.7. The maximum atomic E-state index is 12.7. The number of methoxy groups -OCH3 is 1. The van der Waals surface area contributed by atoms with E-state index < -0.39 is 0 Å². The summed E-state index contributed by atoms with van der Waals surface area (Å²) in [4.78, 5) is 14.5. The molecular formula is C19H30N2O3. The first-order valence-electron chi connectivity index (χ1n) is 8.60. The van der Waals surface area contributed by atoms with Crippen LogP contribution >= 0.6 is 0 Å². The van der Waals surface area contributed by atoms with Crippen molar-refractivity contribution in [2.45, 2.75) is 46.3 Å². The first-order valence-corrected chi connectivity index (χ1v) is 8.60. The van der Waals surface area contributed by atoms with Crippen LogP contribution in [0.4, 0.5) is 4.79 Å². The minimum absolute atomic E-state index is 0.0686. The smallest absolute Gasteiger partial charge is 0.317 e. The molecule has 0 saturated carbocycles. The number of hydrogen-bond donors (Lipinski definition) is 2. The Morgan fingerprint density at radius 3 is 2.67 bits per heavy atom. The normalized spacial score (nSPS) is 20.6. The van der Waals surface area contributed by atoms with Crippen LogP contribution in [-0.4, -0.2) is 42.3 Å². The molecule has 1 aliphatic heterocycles. The van der Waals surface area contributed by atoms with Crippen LogP contribution in [0, 0.1) is 11.3 Å². The fraction of sp³-hybridized carbons (Fsp3) is 0.632. The van der Waals surface area contributed by atoms with E-state index in [2.05, 4.69) is 26.1 Å². The molecule has 5 nitrogen and oxygen atoms in total. The van der Waals surface area contributed by atoms with Crippen molar-refractivity contribution in [3.8, 4) is 5.75 Å². The van der Waals surface area contributed by atoms with E-state index in [9.17, 15) is 9.90 Å².